The summed E-state index contributed by atoms with van der Waals surface area (Å²) in [6.07, 6.45) is 4.75. The van der Waals surface area contributed by atoms with E-state index in [1.165, 1.54) is 0 Å². The maximum absolute atomic E-state index is 13.1. The van der Waals surface area contributed by atoms with Gasteiger partial charge in [0.1, 0.15) is 12.4 Å². The van der Waals surface area contributed by atoms with Crippen LogP contribution >= 0.6 is 0 Å². The van der Waals surface area contributed by atoms with Crippen molar-refractivity contribution in [3.05, 3.63) is 30.1 Å². The molecule has 156 valence electrons. The van der Waals surface area contributed by atoms with E-state index in [1.54, 1.807) is 0 Å². The average Bonchev–Trinajstić information content (AvgIpc) is 3.27. The Morgan fingerprint density at radius 2 is 1.97 bits per heavy atom. The van der Waals surface area contributed by atoms with Gasteiger partial charge in [0, 0.05) is 38.5 Å². The van der Waals surface area contributed by atoms with Crippen LogP contribution in [0.15, 0.2) is 24.3 Å². The fourth-order valence-electron chi connectivity index (χ4n) is 4.58. The molecule has 2 aromatic rings. The summed E-state index contributed by atoms with van der Waals surface area (Å²) < 4.78 is 2.07. The Kier molecular flexibility index (Phi) is 5.88. The van der Waals surface area contributed by atoms with Gasteiger partial charge in [0.25, 0.3) is 0 Å². The molecule has 0 radical (unpaired) electrons. The molecule has 29 heavy (non-hydrogen) atoms. The Bertz CT molecular complexity index is 882. The first-order valence-corrected chi connectivity index (χ1v) is 11.1. The highest BCUT2D eigenvalue weighted by Gasteiger charge is 2.34. The van der Waals surface area contributed by atoms with Crippen molar-refractivity contribution >= 4 is 22.8 Å². The first-order valence-electron chi connectivity index (χ1n) is 11.1. The van der Waals surface area contributed by atoms with Gasteiger partial charge in [-0.1, -0.05) is 32.4 Å². The van der Waals surface area contributed by atoms with Gasteiger partial charge in [-0.05, 0) is 37.3 Å². The summed E-state index contributed by atoms with van der Waals surface area (Å²) in [6.45, 7) is 7.91. The first-order chi connectivity index (χ1) is 14.1. The van der Waals surface area contributed by atoms with Gasteiger partial charge in [0.15, 0.2) is 0 Å². The van der Waals surface area contributed by atoms with Crippen molar-refractivity contribution in [2.45, 2.75) is 58.4 Å². The van der Waals surface area contributed by atoms with Crippen molar-refractivity contribution in [2.75, 3.05) is 26.2 Å². The highest BCUT2D eigenvalue weighted by molar-refractivity contribution is 5.83. The van der Waals surface area contributed by atoms with E-state index < -0.39 is 0 Å². The van der Waals surface area contributed by atoms with Crippen molar-refractivity contribution in [1.29, 1.82) is 0 Å². The second-order valence-corrected chi connectivity index (χ2v) is 8.70. The molecular weight excluding hydrogens is 364 g/mol. The molecule has 2 fully saturated rings. The molecule has 1 aromatic carbocycles. The molecule has 4 rings (SSSR count). The molecule has 2 aliphatic heterocycles. The largest absolute Gasteiger partial charge is 0.342 e. The van der Waals surface area contributed by atoms with Gasteiger partial charge in [-0.3, -0.25) is 9.59 Å². The SMILES string of the molecule is CCCCN1CC(c2nc3ccccc3n2CC(=O)N2CCC(C)CC2)CC1=O. The first kappa shape index (κ1) is 19.9. The lowest BCUT2D eigenvalue weighted by molar-refractivity contribution is -0.133. The summed E-state index contributed by atoms with van der Waals surface area (Å²) in [6, 6.07) is 7.99. The minimum Gasteiger partial charge on any atom is -0.342 e. The van der Waals surface area contributed by atoms with Crippen molar-refractivity contribution in [3.8, 4) is 0 Å². The third kappa shape index (κ3) is 4.16. The molecule has 1 atom stereocenters. The van der Waals surface area contributed by atoms with Crippen LogP contribution in [0.1, 0.15) is 57.7 Å². The number of aromatic nitrogens is 2. The highest BCUT2D eigenvalue weighted by Crippen LogP contribution is 2.31. The topological polar surface area (TPSA) is 58.4 Å². The van der Waals surface area contributed by atoms with E-state index in [1.807, 2.05) is 34.1 Å². The molecule has 2 aliphatic rings. The Hall–Kier alpha value is -2.37. The maximum Gasteiger partial charge on any atom is 0.242 e. The lowest BCUT2D eigenvalue weighted by Gasteiger charge is -2.30. The zero-order valence-electron chi connectivity index (χ0n) is 17.6. The maximum atomic E-state index is 13.1. The highest BCUT2D eigenvalue weighted by atomic mass is 16.2. The van der Waals surface area contributed by atoms with E-state index in [9.17, 15) is 9.59 Å². The number of piperidine rings is 1. The minimum absolute atomic E-state index is 0.0564. The van der Waals surface area contributed by atoms with Gasteiger partial charge >= 0.3 is 0 Å². The summed E-state index contributed by atoms with van der Waals surface area (Å²) in [5.41, 5.74) is 1.89. The second-order valence-electron chi connectivity index (χ2n) is 8.70. The molecule has 0 saturated carbocycles. The number of nitrogens with zero attached hydrogens (tertiary/aromatic N) is 4. The van der Waals surface area contributed by atoms with Gasteiger partial charge in [0.05, 0.1) is 11.0 Å². The molecule has 1 unspecified atom stereocenters. The van der Waals surface area contributed by atoms with Crippen LogP contribution in [-0.4, -0.2) is 57.3 Å². The quantitative estimate of drug-likeness (QED) is 0.752. The number of rotatable bonds is 6. The fourth-order valence-corrected chi connectivity index (χ4v) is 4.58. The Balaban J connectivity index is 1.58. The predicted octanol–water partition coefficient (Wildman–Crippen LogP) is 3.41. The van der Waals surface area contributed by atoms with Crippen LogP contribution in [0.25, 0.3) is 11.0 Å². The van der Waals surface area contributed by atoms with E-state index in [-0.39, 0.29) is 17.7 Å². The fraction of sp³-hybridized carbons (Fsp3) is 0.609. The lowest BCUT2D eigenvalue weighted by Crippen LogP contribution is -2.40. The summed E-state index contributed by atoms with van der Waals surface area (Å²) in [4.78, 5) is 34.4. The zero-order chi connectivity index (χ0) is 20.4. The summed E-state index contributed by atoms with van der Waals surface area (Å²) in [5.74, 6) is 2.01. The van der Waals surface area contributed by atoms with Crippen LogP contribution in [-0.2, 0) is 16.1 Å². The molecule has 0 spiro atoms. The number of hydrogen-bond acceptors (Lipinski definition) is 3. The van der Waals surface area contributed by atoms with Gasteiger partial charge in [-0.25, -0.2) is 4.98 Å². The van der Waals surface area contributed by atoms with E-state index in [0.29, 0.717) is 25.4 Å². The second kappa shape index (κ2) is 8.56. The predicted molar refractivity (Wildman–Crippen MR) is 114 cm³/mol. The van der Waals surface area contributed by atoms with E-state index >= 15 is 0 Å². The van der Waals surface area contributed by atoms with E-state index in [4.69, 9.17) is 4.98 Å². The third-order valence-electron chi connectivity index (χ3n) is 6.48. The van der Waals surface area contributed by atoms with Crippen LogP contribution in [0.3, 0.4) is 0 Å². The normalized spacial score (nSPS) is 20.8. The smallest absolute Gasteiger partial charge is 0.242 e. The summed E-state index contributed by atoms with van der Waals surface area (Å²) in [7, 11) is 0. The molecule has 0 bridgehead atoms. The van der Waals surface area contributed by atoms with Crippen LogP contribution in [0.2, 0.25) is 0 Å². The average molecular weight is 397 g/mol. The van der Waals surface area contributed by atoms with Crippen molar-refractivity contribution in [1.82, 2.24) is 19.4 Å². The number of fused-ring (bicyclic) bond motifs is 1. The molecule has 0 N–H and O–H groups in total. The molecule has 6 nitrogen and oxygen atoms in total. The Morgan fingerprint density at radius 3 is 2.72 bits per heavy atom. The van der Waals surface area contributed by atoms with Crippen LogP contribution in [0, 0.1) is 5.92 Å². The van der Waals surface area contributed by atoms with Crippen molar-refractivity contribution < 1.29 is 9.59 Å². The molecule has 6 heteroatoms. The number of amides is 2. The molecule has 3 heterocycles. The van der Waals surface area contributed by atoms with Crippen LogP contribution in [0.5, 0.6) is 0 Å². The van der Waals surface area contributed by atoms with Crippen molar-refractivity contribution in [2.24, 2.45) is 5.92 Å². The molecule has 2 saturated heterocycles. The van der Waals surface area contributed by atoms with Gasteiger partial charge in [0.2, 0.25) is 11.8 Å². The number of carbonyl (C=O) groups is 2. The van der Waals surface area contributed by atoms with Gasteiger partial charge < -0.3 is 14.4 Å². The molecule has 0 aliphatic carbocycles. The summed E-state index contributed by atoms with van der Waals surface area (Å²) in [5, 5.41) is 0. The number of para-hydroxylation sites is 2. The molecule has 1 aromatic heterocycles. The lowest BCUT2D eigenvalue weighted by atomic mass is 9.99. The third-order valence-corrected chi connectivity index (χ3v) is 6.48. The van der Waals surface area contributed by atoms with E-state index in [2.05, 4.69) is 18.4 Å². The Labute approximate surface area is 172 Å². The number of benzene rings is 1. The number of carbonyl (C=O) groups excluding carboxylic acids is 2. The number of unbranched alkanes of at least 4 members (excludes halogenated alkanes) is 1. The number of imidazole rings is 1. The van der Waals surface area contributed by atoms with E-state index in [0.717, 1.165) is 62.2 Å². The zero-order valence-corrected chi connectivity index (χ0v) is 17.6. The van der Waals surface area contributed by atoms with Gasteiger partial charge in [-0.2, -0.15) is 0 Å². The van der Waals surface area contributed by atoms with Gasteiger partial charge in [-0.15, -0.1) is 0 Å². The standard InChI is InChI=1S/C23H32N4O2/c1-3-4-11-26-15-18(14-21(26)28)23-24-19-7-5-6-8-20(19)27(23)16-22(29)25-12-9-17(2)10-13-25/h5-8,17-18H,3-4,9-16H2,1-2H3. The summed E-state index contributed by atoms with van der Waals surface area (Å²) >= 11 is 0. The number of likely N-dealkylation sites (tertiary alicyclic amines) is 2. The monoisotopic (exact) mass is 396 g/mol. The van der Waals surface area contributed by atoms with Crippen LogP contribution < -0.4 is 0 Å². The Morgan fingerprint density at radius 1 is 1.21 bits per heavy atom. The minimum atomic E-state index is 0.0564. The molecular formula is C23H32N4O2. The number of hydrogen-bond donors (Lipinski definition) is 0. The molecule has 2 amide bonds. The van der Waals surface area contributed by atoms with Crippen molar-refractivity contribution in [3.63, 3.8) is 0 Å². The van der Waals surface area contributed by atoms with Crippen LogP contribution in [0.4, 0.5) is 0 Å².